The average Bonchev–Trinajstić information content (AvgIpc) is 3.34. The van der Waals surface area contributed by atoms with Gasteiger partial charge in [0.15, 0.2) is 6.23 Å². The third-order valence-electron chi connectivity index (χ3n) is 5.59. The summed E-state index contributed by atoms with van der Waals surface area (Å²) < 4.78 is 20.7. The smallest absolute Gasteiger partial charge is 0.164 e. The average molecular weight is 436 g/mol. The van der Waals surface area contributed by atoms with E-state index in [1.807, 2.05) is 30.3 Å². The zero-order valence-electron chi connectivity index (χ0n) is 16.8. The maximum Gasteiger partial charge on any atom is 0.164 e. The van der Waals surface area contributed by atoms with Crippen molar-refractivity contribution in [2.75, 3.05) is 11.9 Å². The predicted octanol–water partition coefficient (Wildman–Crippen LogP) is 2.59. The van der Waals surface area contributed by atoms with Crippen LogP contribution in [0.1, 0.15) is 6.23 Å². The molecule has 1 saturated heterocycles. The zero-order chi connectivity index (χ0) is 22.2. The lowest BCUT2D eigenvalue weighted by Gasteiger charge is -2.17. The van der Waals surface area contributed by atoms with Crippen LogP contribution in [0.3, 0.4) is 0 Å². The van der Waals surface area contributed by atoms with Gasteiger partial charge in [0, 0.05) is 17.4 Å². The number of aliphatic hydroxyl groups excluding tert-OH is 3. The van der Waals surface area contributed by atoms with Crippen molar-refractivity contribution < 1.29 is 24.4 Å². The first kappa shape index (κ1) is 20.5. The van der Waals surface area contributed by atoms with Crippen molar-refractivity contribution in [1.82, 2.24) is 14.5 Å². The van der Waals surface area contributed by atoms with Gasteiger partial charge in [0.05, 0.1) is 12.0 Å². The van der Waals surface area contributed by atoms with Crippen LogP contribution in [0, 0.1) is 5.82 Å². The molecule has 1 aliphatic rings. The number of aliphatic hydroxyl groups is 3. The lowest BCUT2D eigenvalue weighted by Crippen LogP contribution is -2.33. The molecule has 9 heteroatoms. The van der Waals surface area contributed by atoms with Gasteiger partial charge in [0.25, 0.3) is 0 Å². The molecule has 1 fully saturated rings. The summed E-state index contributed by atoms with van der Waals surface area (Å²) in [6, 6.07) is 15.5. The van der Waals surface area contributed by atoms with Crippen molar-refractivity contribution in [3.8, 4) is 11.1 Å². The molecule has 0 spiro atoms. The van der Waals surface area contributed by atoms with E-state index in [1.165, 1.54) is 18.5 Å². The summed E-state index contributed by atoms with van der Waals surface area (Å²) in [6.45, 7) is -0.425. The fraction of sp³-hybridized carbons (Fsp3) is 0.217. The molecule has 4 aromatic rings. The van der Waals surface area contributed by atoms with Crippen LogP contribution < -0.4 is 5.32 Å². The minimum atomic E-state index is -1.25. The van der Waals surface area contributed by atoms with Gasteiger partial charge in [-0.3, -0.25) is 0 Å². The highest BCUT2D eigenvalue weighted by Crippen LogP contribution is 2.39. The Morgan fingerprint density at radius 3 is 2.44 bits per heavy atom. The minimum absolute atomic E-state index is 0.344. The first-order valence-corrected chi connectivity index (χ1v) is 10.1. The number of hydrogen-bond donors (Lipinski definition) is 4. The summed E-state index contributed by atoms with van der Waals surface area (Å²) in [5, 5.41) is 34.2. The maximum atomic E-state index is 13.3. The van der Waals surface area contributed by atoms with E-state index in [9.17, 15) is 19.7 Å². The highest BCUT2D eigenvalue weighted by molar-refractivity contribution is 6.02. The molecule has 3 heterocycles. The Hall–Kier alpha value is -3.37. The highest BCUT2D eigenvalue weighted by Gasteiger charge is 2.44. The molecule has 2 aromatic carbocycles. The van der Waals surface area contributed by atoms with Crippen molar-refractivity contribution in [2.45, 2.75) is 24.5 Å². The molecule has 8 nitrogen and oxygen atoms in total. The summed E-state index contributed by atoms with van der Waals surface area (Å²) in [7, 11) is 0. The van der Waals surface area contributed by atoms with E-state index in [-0.39, 0.29) is 5.82 Å². The maximum absolute atomic E-state index is 13.3. The van der Waals surface area contributed by atoms with Gasteiger partial charge in [0.1, 0.15) is 41.9 Å². The molecule has 164 valence electrons. The monoisotopic (exact) mass is 436 g/mol. The number of hydrogen-bond acceptors (Lipinski definition) is 7. The van der Waals surface area contributed by atoms with Gasteiger partial charge in [-0.05, 0) is 29.8 Å². The second-order valence-electron chi connectivity index (χ2n) is 7.60. The fourth-order valence-electron chi connectivity index (χ4n) is 3.99. The topological polar surface area (TPSA) is 113 Å². The van der Waals surface area contributed by atoms with Gasteiger partial charge in [0.2, 0.25) is 0 Å². The standard InChI is InChI=1S/C23H21FN4O4/c24-14-6-8-15(9-7-14)27-21-18-16(13-4-2-1-3-5-13)10-28(22(18)26-12-25-21)23-20(31)19(30)17(11-29)32-23/h1-10,12,17,19-20,23,29-31H,11H2,(H,25,26,27)/t17-,19+,20+,23-/m1/s1. The van der Waals surface area contributed by atoms with Crippen LogP contribution in [0.2, 0.25) is 0 Å². The highest BCUT2D eigenvalue weighted by atomic mass is 19.1. The van der Waals surface area contributed by atoms with Crippen molar-refractivity contribution >= 4 is 22.5 Å². The lowest BCUT2D eigenvalue weighted by molar-refractivity contribution is -0.0508. The third kappa shape index (κ3) is 3.51. The molecule has 0 radical (unpaired) electrons. The van der Waals surface area contributed by atoms with E-state index in [2.05, 4.69) is 15.3 Å². The summed E-state index contributed by atoms with van der Waals surface area (Å²) >= 11 is 0. The Bertz CT molecular complexity index is 1230. The largest absolute Gasteiger partial charge is 0.394 e. The fourth-order valence-corrected chi connectivity index (χ4v) is 3.99. The molecule has 0 aliphatic carbocycles. The molecule has 32 heavy (non-hydrogen) atoms. The number of nitrogens with one attached hydrogen (secondary N) is 1. The van der Waals surface area contributed by atoms with Crippen LogP contribution in [0.25, 0.3) is 22.2 Å². The molecule has 2 aromatic heterocycles. The number of anilines is 2. The number of benzene rings is 2. The molecule has 4 atom stereocenters. The first-order chi connectivity index (χ1) is 15.6. The minimum Gasteiger partial charge on any atom is -0.394 e. The summed E-state index contributed by atoms with van der Waals surface area (Å²) in [5.41, 5.74) is 2.79. The summed E-state index contributed by atoms with van der Waals surface area (Å²) in [6.07, 6.45) is -1.19. The molecule has 0 unspecified atom stereocenters. The van der Waals surface area contributed by atoms with Crippen LogP contribution in [0.4, 0.5) is 15.9 Å². The van der Waals surface area contributed by atoms with Gasteiger partial charge < -0.3 is 29.9 Å². The second-order valence-corrected chi connectivity index (χ2v) is 7.60. The normalized spacial score (nSPS) is 23.0. The van der Waals surface area contributed by atoms with Gasteiger partial charge in [-0.15, -0.1) is 0 Å². The quantitative estimate of drug-likeness (QED) is 0.380. The Kier molecular flexibility index (Phi) is 5.32. The predicted molar refractivity (Wildman–Crippen MR) is 116 cm³/mol. The van der Waals surface area contributed by atoms with E-state index in [1.54, 1.807) is 22.9 Å². The SMILES string of the molecule is OC[C@H]1O[C@@H](n2cc(-c3ccccc3)c3c(Nc4ccc(F)cc4)ncnc32)[C@@H](O)[C@H]1O. The zero-order valence-corrected chi connectivity index (χ0v) is 16.8. The van der Waals surface area contributed by atoms with Crippen LogP contribution in [0.15, 0.2) is 67.1 Å². The Labute approximate surface area is 182 Å². The molecular formula is C23H21FN4O4. The van der Waals surface area contributed by atoms with Gasteiger partial charge in [-0.25, -0.2) is 14.4 Å². The number of halogens is 1. The van der Waals surface area contributed by atoms with E-state index in [0.717, 1.165) is 11.1 Å². The van der Waals surface area contributed by atoms with Gasteiger partial charge in [-0.2, -0.15) is 0 Å². The van der Waals surface area contributed by atoms with Crippen LogP contribution in [-0.4, -0.2) is 54.8 Å². The van der Waals surface area contributed by atoms with E-state index >= 15 is 0 Å². The molecule has 4 N–H and O–H groups in total. The van der Waals surface area contributed by atoms with Crippen LogP contribution in [0.5, 0.6) is 0 Å². The summed E-state index contributed by atoms with van der Waals surface area (Å²) in [5.74, 6) is 0.148. The number of rotatable bonds is 5. The van der Waals surface area contributed by atoms with Crippen molar-refractivity contribution in [3.63, 3.8) is 0 Å². The Morgan fingerprint density at radius 1 is 1.00 bits per heavy atom. The first-order valence-electron chi connectivity index (χ1n) is 10.1. The molecule has 0 bridgehead atoms. The molecule has 1 aliphatic heterocycles. The molecular weight excluding hydrogens is 415 g/mol. The molecule has 0 saturated carbocycles. The van der Waals surface area contributed by atoms with Crippen molar-refractivity contribution in [1.29, 1.82) is 0 Å². The number of ether oxygens (including phenoxy) is 1. The van der Waals surface area contributed by atoms with Crippen LogP contribution in [-0.2, 0) is 4.74 Å². The summed E-state index contributed by atoms with van der Waals surface area (Å²) in [4.78, 5) is 8.81. The number of fused-ring (bicyclic) bond motifs is 1. The Morgan fingerprint density at radius 2 is 1.75 bits per heavy atom. The Balaban J connectivity index is 1.67. The van der Waals surface area contributed by atoms with E-state index in [4.69, 9.17) is 4.74 Å². The van der Waals surface area contributed by atoms with Gasteiger partial charge >= 0.3 is 0 Å². The van der Waals surface area contributed by atoms with Crippen molar-refractivity contribution in [3.05, 3.63) is 72.9 Å². The van der Waals surface area contributed by atoms with E-state index in [0.29, 0.717) is 22.5 Å². The number of nitrogens with zero attached hydrogens (tertiary/aromatic N) is 3. The molecule has 0 amide bonds. The van der Waals surface area contributed by atoms with Gasteiger partial charge in [-0.1, -0.05) is 30.3 Å². The van der Waals surface area contributed by atoms with Crippen LogP contribution >= 0.6 is 0 Å². The third-order valence-corrected chi connectivity index (χ3v) is 5.59. The van der Waals surface area contributed by atoms with Crippen molar-refractivity contribution in [2.24, 2.45) is 0 Å². The van der Waals surface area contributed by atoms with E-state index < -0.39 is 31.1 Å². The second kappa shape index (κ2) is 8.29. The lowest BCUT2D eigenvalue weighted by atomic mass is 10.1. The number of aromatic nitrogens is 3. The molecule has 5 rings (SSSR count).